The van der Waals surface area contributed by atoms with E-state index in [1.165, 1.54) is 6.92 Å². The van der Waals surface area contributed by atoms with Crippen molar-refractivity contribution in [3.8, 4) is 10.6 Å². The third kappa shape index (κ3) is 2.32. The van der Waals surface area contributed by atoms with Gasteiger partial charge >= 0.3 is 5.97 Å². The first-order valence-corrected chi connectivity index (χ1v) is 7.13. The van der Waals surface area contributed by atoms with Crippen molar-refractivity contribution >= 4 is 33.9 Å². The molecule has 0 radical (unpaired) electrons. The second kappa shape index (κ2) is 5.10. The third-order valence-electron chi connectivity index (χ3n) is 3.17. The van der Waals surface area contributed by atoms with Crippen molar-refractivity contribution in [1.29, 1.82) is 0 Å². The largest absolute Gasteiger partial charge is 0.476 e. The van der Waals surface area contributed by atoms with Crippen molar-refractivity contribution in [2.24, 2.45) is 0 Å². The Balaban J connectivity index is 2.26. The first-order chi connectivity index (χ1) is 10.1. The molecular formula is C16H11NO3S. The number of Topliss-reactive ketones (excluding diaryl/α,β-unsaturated/α-hetero) is 1. The average Bonchev–Trinajstić information content (AvgIpc) is 2.92. The molecule has 4 nitrogen and oxygen atoms in total. The highest BCUT2D eigenvalue weighted by atomic mass is 32.1. The summed E-state index contributed by atoms with van der Waals surface area (Å²) in [6.07, 6.45) is 0. The van der Waals surface area contributed by atoms with Crippen LogP contribution in [0.15, 0.2) is 42.5 Å². The van der Waals surface area contributed by atoms with Gasteiger partial charge in [0.05, 0.1) is 0 Å². The quantitative estimate of drug-likeness (QED) is 0.745. The SMILES string of the molecule is CC(=O)c1sc(-c2cccc3ccccc23)nc1C(=O)O. The number of ketones is 1. The van der Waals surface area contributed by atoms with Gasteiger partial charge in [0.15, 0.2) is 11.5 Å². The van der Waals surface area contributed by atoms with Crippen LogP contribution in [0.4, 0.5) is 0 Å². The lowest BCUT2D eigenvalue weighted by Gasteiger charge is -2.02. The van der Waals surface area contributed by atoms with E-state index in [-0.39, 0.29) is 16.4 Å². The minimum absolute atomic E-state index is 0.171. The summed E-state index contributed by atoms with van der Waals surface area (Å²) < 4.78 is 0. The van der Waals surface area contributed by atoms with Crippen molar-refractivity contribution < 1.29 is 14.7 Å². The number of carboxylic acids is 1. The number of aromatic carboxylic acids is 1. The molecular weight excluding hydrogens is 286 g/mol. The van der Waals surface area contributed by atoms with Gasteiger partial charge in [-0.05, 0) is 10.8 Å². The number of thiazole rings is 1. The minimum Gasteiger partial charge on any atom is -0.476 e. The zero-order chi connectivity index (χ0) is 15.0. The molecule has 1 heterocycles. The van der Waals surface area contributed by atoms with E-state index in [0.29, 0.717) is 5.01 Å². The number of rotatable bonds is 3. The molecule has 3 aromatic rings. The number of benzene rings is 2. The molecule has 0 saturated carbocycles. The van der Waals surface area contributed by atoms with E-state index in [0.717, 1.165) is 27.7 Å². The second-order valence-corrected chi connectivity index (χ2v) is 5.58. The molecule has 0 aliphatic heterocycles. The first-order valence-electron chi connectivity index (χ1n) is 6.31. The fourth-order valence-corrected chi connectivity index (χ4v) is 3.22. The van der Waals surface area contributed by atoms with Gasteiger partial charge in [-0.25, -0.2) is 9.78 Å². The van der Waals surface area contributed by atoms with Gasteiger partial charge in [0, 0.05) is 12.5 Å². The van der Waals surface area contributed by atoms with Crippen LogP contribution < -0.4 is 0 Å². The van der Waals surface area contributed by atoms with Gasteiger partial charge in [-0.15, -0.1) is 11.3 Å². The van der Waals surface area contributed by atoms with Crippen LogP contribution in [0, 0.1) is 0 Å². The Labute approximate surface area is 124 Å². The second-order valence-electron chi connectivity index (χ2n) is 4.58. The van der Waals surface area contributed by atoms with Gasteiger partial charge in [-0.3, -0.25) is 4.79 Å². The molecule has 2 aromatic carbocycles. The van der Waals surface area contributed by atoms with Crippen molar-refractivity contribution in [2.45, 2.75) is 6.92 Å². The standard InChI is InChI=1S/C16H11NO3S/c1-9(18)14-13(16(19)20)17-15(21-14)12-8-4-6-10-5-2-3-7-11(10)12/h2-8H,1H3,(H,19,20). The van der Waals surface area contributed by atoms with E-state index in [4.69, 9.17) is 0 Å². The molecule has 0 aliphatic rings. The number of carboxylic acid groups (broad SMARTS) is 1. The van der Waals surface area contributed by atoms with Crippen molar-refractivity contribution in [1.82, 2.24) is 4.98 Å². The van der Waals surface area contributed by atoms with Gasteiger partial charge in [-0.2, -0.15) is 0 Å². The predicted molar refractivity (Wildman–Crippen MR) is 82.0 cm³/mol. The first kappa shape index (κ1) is 13.5. The fourth-order valence-electron chi connectivity index (χ4n) is 2.23. The summed E-state index contributed by atoms with van der Waals surface area (Å²) in [5.74, 6) is -1.46. The lowest BCUT2D eigenvalue weighted by atomic mass is 10.1. The van der Waals surface area contributed by atoms with Crippen LogP contribution in [-0.2, 0) is 0 Å². The van der Waals surface area contributed by atoms with Crippen LogP contribution in [0.5, 0.6) is 0 Å². The van der Waals surface area contributed by atoms with E-state index < -0.39 is 5.97 Å². The molecule has 1 N–H and O–H groups in total. The number of fused-ring (bicyclic) bond motifs is 1. The summed E-state index contributed by atoms with van der Waals surface area (Å²) in [7, 11) is 0. The van der Waals surface area contributed by atoms with Gasteiger partial charge in [0.25, 0.3) is 0 Å². The molecule has 0 amide bonds. The lowest BCUT2D eigenvalue weighted by molar-refractivity contribution is 0.0687. The highest BCUT2D eigenvalue weighted by Crippen LogP contribution is 2.33. The van der Waals surface area contributed by atoms with E-state index in [1.807, 2.05) is 42.5 Å². The molecule has 0 aliphatic carbocycles. The number of hydrogen-bond acceptors (Lipinski definition) is 4. The maximum Gasteiger partial charge on any atom is 0.356 e. The monoisotopic (exact) mass is 297 g/mol. The molecule has 5 heteroatoms. The van der Waals surface area contributed by atoms with Crippen LogP contribution in [0.2, 0.25) is 0 Å². The van der Waals surface area contributed by atoms with E-state index in [9.17, 15) is 14.7 Å². The van der Waals surface area contributed by atoms with Gasteiger partial charge in [0.2, 0.25) is 0 Å². The number of hydrogen-bond donors (Lipinski definition) is 1. The van der Waals surface area contributed by atoms with Crippen LogP contribution in [0.3, 0.4) is 0 Å². The molecule has 0 fully saturated rings. The number of carbonyl (C=O) groups excluding carboxylic acids is 1. The predicted octanol–water partition coefficient (Wildman–Crippen LogP) is 3.86. The van der Waals surface area contributed by atoms with Crippen LogP contribution >= 0.6 is 11.3 Å². The zero-order valence-corrected chi connectivity index (χ0v) is 12.0. The summed E-state index contributed by atoms with van der Waals surface area (Å²) in [6, 6.07) is 13.6. The van der Waals surface area contributed by atoms with Crippen LogP contribution in [0.25, 0.3) is 21.3 Å². The van der Waals surface area contributed by atoms with Crippen LogP contribution in [0.1, 0.15) is 27.1 Å². The van der Waals surface area contributed by atoms with Crippen molar-refractivity contribution in [2.75, 3.05) is 0 Å². The summed E-state index contributed by atoms with van der Waals surface area (Å²) in [4.78, 5) is 27.1. The Morgan fingerprint density at radius 3 is 2.48 bits per heavy atom. The topological polar surface area (TPSA) is 67.3 Å². The molecule has 0 atom stereocenters. The van der Waals surface area contributed by atoms with Gasteiger partial charge < -0.3 is 5.11 Å². The summed E-state index contributed by atoms with van der Waals surface area (Å²) in [6.45, 7) is 1.35. The van der Waals surface area contributed by atoms with Crippen molar-refractivity contribution in [3.05, 3.63) is 53.0 Å². The normalized spacial score (nSPS) is 10.7. The van der Waals surface area contributed by atoms with Crippen LogP contribution in [-0.4, -0.2) is 21.8 Å². The van der Waals surface area contributed by atoms with E-state index in [2.05, 4.69) is 4.98 Å². The molecule has 104 valence electrons. The highest BCUT2D eigenvalue weighted by molar-refractivity contribution is 7.17. The van der Waals surface area contributed by atoms with E-state index >= 15 is 0 Å². The maximum atomic E-state index is 11.6. The Hall–Kier alpha value is -2.53. The summed E-state index contributed by atoms with van der Waals surface area (Å²) in [5.41, 5.74) is 0.670. The summed E-state index contributed by atoms with van der Waals surface area (Å²) >= 11 is 1.12. The molecule has 21 heavy (non-hydrogen) atoms. The highest BCUT2D eigenvalue weighted by Gasteiger charge is 2.21. The Morgan fingerprint density at radius 1 is 1.10 bits per heavy atom. The molecule has 0 spiro atoms. The third-order valence-corrected chi connectivity index (χ3v) is 4.36. The maximum absolute atomic E-state index is 11.6. The number of aromatic nitrogens is 1. The molecule has 0 bridgehead atoms. The van der Waals surface area contributed by atoms with Gasteiger partial charge in [-0.1, -0.05) is 42.5 Å². The lowest BCUT2D eigenvalue weighted by Crippen LogP contribution is -2.03. The molecule has 0 unspecified atom stereocenters. The Morgan fingerprint density at radius 2 is 1.81 bits per heavy atom. The molecule has 1 aromatic heterocycles. The van der Waals surface area contributed by atoms with Crippen molar-refractivity contribution in [3.63, 3.8) is 0 Å². The smallest absolute Gasteiger partial charge is 0.356 e. The van der Waals surface area contributed by atoms with E-state index in [1.54, 1.807) is 0 Å². The minimum atomic E-state index is -1.18. The average molecular weight is 297 g/mol. The summed E-state index contributed by atoms with van der Waals surface area (Å²) in [5, 5.41) is 11.8. The fraction of sp³-hybridized carbons (Fsp3) is 0.0625. The number of carbonyl (C=O) groups is 2. The molecule has 0 saturated heterocycles. The Kier molecular flexibility index (Phi) is 3.27. The van der Waals surface area contributed by atoms with Gasteiger partial charge in [0.1, 0.15) is 9.88 Å². The zero-order valence-electron chi connectivity index (χ0n) is 11.2. The number of nitrogens with zero attached hydrogens (tertiary/aromatic N) is 1. The molecule has 3 rings (SSSR count). The Bertz CT molecular complexity index is 830.